The van der Waals surface area contributed by atoms with Crippen LogP contribution in [0.1, 0.15) is 57.4 Å². The molecule has 1 aromatic carbocycles. The normalized spacial score (nSPS) is 26.5. The zero-order valence-corrected chi connectivity index (χ0v) is 18.4. The Balaban J connectivity index is 0.00000225. The Labute approximate surface area is 177 Å². The summed E-state index contributed by atoms with van der Waals surface area (Å²) in [5.74, 6) is 2.60. The van der Waals surface area contributed by atoms with E-state index in [0.29, 0.717) is 6.61 Å². The molecule has 2 heterocycles. The van der Waals surface area contributed by atoms with Gasteiger partial charge in [0, 0.05) is 31.7 Å². The number of hydrogen-bond acceptors (Lipinski definition) is 4. The second-order valence-electron chi connectivity index (χ2n) is 8.52. The van der Waals surface area contributed by atoms with Crippen LogP contribution in [-0.4, -0.2) is 55.2 Å². The van der Waals surface area contributed by atoms with Gasteiger partial charge in [0.1, 0.15) is 0 Å². The van der Waals surface area contributed by atoms with Crippen LogP contribution in [0.5, 0.6) is 11.5 Å². The standard InChI is InChI=1S/C23H36N2O2.ClH/c1-3-27-22-16-18(11-12-21(22)26-2)17-25-15-14-24-13-7-10-20(24)23(25)19-8-5-4-6-9-19;/h11-12,16,19-20,23H,3-10,13-15,17H2,1-2H3;1H. The molecule has 28 heavy (non-hydrogen) atoms. The molecule has 0 bridgehead atoms. The van der Waals surface area contributed by atoms with E-state index < -0.39 is 0 Å². The summed E-state index contributed by atoms with van der Waals surface area (Å²) < 4.78 is 11.3. The van der Waals surface area contributed by atoms with E-state index in [9.17, 15) is 0 Å². The zero-order valence-electron chi connectivity index (χ0n) is 17.6. The minimum atomic E-state index is 0. The van der Waals surface area contributed by atoms with Crippen LogP contribution in [0.25, 0.3) is 0 Å². The molecule has 4 nitrogen and oxygen atoms in total. The van der Waals surface area contributed by atoms with Gasteiger partial charge in [-0.05, 0) is 62.8 Å². The highest BCUT2D eigenvalue weighted by Crippen LogP contribution is 2.38. The summed E-state index contributed by atoms with van der Waals surface area (Å²) in [4.78, 5) is 5.59. The minimum absolute atomic E-state index is 0. The number of ether oxygens (including phenoxy) is 2. The maximum absolute atomic E-state index is 5.82. The molecule has 1 aliphatic carbocycles. The molecule has 0 amide bonds. The highest BCUT2D eigenvalue weighted by atomic mass is 35.5. The molecule has 0 spiro atoms. The van der Waals surface area contributed by atoms with Gasteiger partial charge in [-0.1, -0.05) is 25.3 Å². The van der Waals surface area contributed by atoms with Gasteiger partial charge in [0.25, 0.3) is 0 Å². The van der Waals surface area contributed by atoms with Gasteiger partial charge >= 0.3 is 0 Å². The van der Waals surface area contributed by atoms with E-state index in [1.807, 2.05) is 6.92 Å². The van der Waals surface area contributed by atoms with Crippen LogP contribution in [0.3, 0.4) is 0 Å². The van der Waals surface area contributed by atoms with E-state index in [4.69, 9.17) is 9.47 Å². The molecule has 0 radical (unpaired) electrons. The highest BCUT2D eigenvalue weighted by Gasteiger charge is 2.42. The Bertz CT molecular complexity index is 621. The summed E-state index contributed by atoms with van der Waals surface area (Å²) in [5.41, 5.74) is 1.35. The van der Waals surface area contributed by atoms with Crippen LogP contribution in [0.4, 0.5) is 0 Å². The van der Waals surface area contributed by atoms with Gasteiger partial charge in [0.15, 0.2) is 11.5 Å². The van der Waals surface area contributed by atoms with Gasteiger partial charge in [-0.15, -0.1) is 12.4 Å². The molecule has 2 unspecified atom stereocenters. The van der Waals surface area contributed by atoms with Crippen LogP contribution >= 0.6 is 12.4 Å². The van der Waals surface area contributed by atoms with Crippen molar-refractivity contribution in [1.29, 1.82) is 0 Å². The van der Waals surface area contributed by atoms with Crippen molar-refractivity contribution < 1.29 is 9.47 Å². The molecule has 2 atom stereocenters. The summed E-state index contributed by atoms with van der Waals surface area (Å²) in [7, 11) is 1.72. The molecular weight excluding hydrogens is 372 g/mol. The van der Waals surface area contributed by atoms with Crippen LogP contribution in [0, 0.1) is 5.92 Å². The van der Waals surface area contributed by atoms with Crippen molar-refractivity contribution in [3.63, 3.8) is 0 Å². The van der Waals surface area contributed by atoms with Crippen LogP contribution in [0.2, 0.25) is 0 Å². The number of hydrogen-bond donors (Lipinski definition) is 0. The third-order valence-corrected chi connectivity index (χ3v) is 6.95. The van der Waals surface area contributed by atoms with E-state index in [-0.39, 0.29) is 12.4 Å². The Morgan fingerprint density at radius 3 is 2.54 bits per heavy atom. The lowest BCUT2D eigenvalue weighted by Gasteiger charge is -2.49. The quantitative estimate of drug-likeness (QED) is 0.678. The van der Waals surface area contributed by atoms with Gasteiger partial charge in [-0.25, -0.2) is 0 Å². The lowest BCUT2D eigenvalue weighted by Crippen LogP contribution is -2.59. The SMILES string of the molecule is CCOc1cc(CN2CCN3CCCC3C2C2CCCCC2)ccc1OC.Cl. The second-order valence-corrected chi connectivity index (χ2v) is 8.52. The first-order valence-electron chi connectivity index (χ1n) is 11.1. The molecule has 0 N–H and O–H groups in total. The molecule has 3 aliphatic rings. The molecule has 5 heteroatoms. The molecule has 4 rings (SSSR count). The first-order valence-corrected chi connectivity index (χ1v) is 11.1. The average Bonchev–Trinajstić information content (AvgIpc) is 3.18. The Hall–Kier alpha value is -0.970. The largest absolute Gasteiger partial charge is 0.493 e. The van der Waals surface area contributed by atoms with Crippen LogP contribution < -0.4 is 9.47 Å². The number of halogens is 1. The summed E-state index contributed by atoms with van der Waals surface area (Å²) in [6, 6.07) is 8.01. The van der Waals surface area contributed by atoms with Gasteiger partial charge in [0.2, 0.25) is 0 Å². The van der Waals surface area contributed by atoms with Gasteiger partial charge < -0.3 is 9.47 Å². The minimum Gasteiger partial charge on any atom is -0.493 e. The van der Waals surface area contributed by atoms with E-state index in [1.54, 1.807) is 7.11 Å². The van der Waals surface area contributed by atoms with Crippen molar-refractivity contribution in [1.82, 2.24) is 9.80 Å². The third-order valence-electron chi connectivity index (χ3n) is 6.95. The predicted octanol–water partition coefficient (Wildman–Crippen LogP) is 4.74. The third kappa shape index (κ3) is 4.60. The summed E-state index contributed by atoms with van der Waals surface area (Å²) in [5, 5.41) is 0. The lowest BCUT2D eigenvalue weighted by molar-refractivity contribution is -0.00383. The second kappa shape index (κ2) is 10.2. The highest BCUT2D eigenvalue weighted by molar-refractivity contribution is 5.85. The molecule has 3 fully saturated rings. The summed E-state index contributed by atoms with van der Waals surface area (Å²) >= 11 is 0. The molecule has 0 aromatic heterocycles. The Morgan fingerprint density at radius 1 is 0.964 bits per heavy atom. The molecule has 158 valence electrons. The van der Waals surface area contributed by atoms with Crippen molar-refractivity contribution in [2.45, 2.75) is 70.5 Å². The predicted molar refractivity (Wildman–Crippen MR) is 117 cm³/mol. The first-order chi connectivity index (χ1) is 13.3. The Morgan fingerprint density at radius 2 is 1.79 bits per heavy atom. The summed E-state index contributed by atoms with van der Waals surface area (Å²) in [6.45, 7) is 7.50. The van der Waals surface area contributed by atoms with Crippen molar-refractivity contribution in [3.05, 3.63) is 23.8 Å². The first kappa shape index (κ1) is 21.7. The number of benzene rings is 1. The number of fused-ring (bicyclic) bond motifs is 1. The number of nitrogens with zero attached hydrogens (tertiary/aromatic N) is 2. The fourth-order valence-corrected chi connectivity index (χ4v) is 5.76. The molecule has 2 saturated heterocycles. The van der Waals surface area contributed by atoms with Crippen molar-refractivity contribution >= 4 is 12.4 Å². The lowest BCUT2D eigenvalue weighted by atomic mass is 9.78. The molecular formula is C23H37ClN2O2. The van der Waals surface area contributed by atoms with Crippen LogP contribution in [-0.2, 0) is 6.54 Å². The van der Waals surface area contributed by atoms with Gasteiger partial charge in [0.05, 0.1) is 13.7 Å². The topological polar surface area (TPSA) is 24.9 Å². The smallest absolute Gasteiger partial charge is 0.161 e. The molecule has 1 saturated carbocycles. The molecule has 2 aliphatic heterocycles. The van der Waals surface area contributed by atoms with E-state index in [2.05, 4.69) is 28.0 Å². The van der Waals surface area contributed by atoms with E-state index in [0.717, 1.165) is 36.0 Å². The van der Waals surface area contributed by atoms with Gasteiger partial charge in [-0.3, -0.25) is 9.80 Å². The van der Waals surface area contributed by atoms with Crippen LogP contribution in [0.15, 0.2) is 18.2 Å². The number of rotatable bonds is 6. The van der Waals surface area contributed by atoms with E-state index >= 15 is 0 Å². The average molecular weight is 409 g/mol. The van der Waals surface area contributed by atoms with Gasteiger partial charge in [-0.2, -0.15) is 0 Å². The molecule has 1 aromatic rings. The fraction of sp³-hybridized carbons (Fsp3) is 0.739. The fourth-order valence-electron chi connectivity index (χ4n) is 5.76. The number of methoxy groups -OCH3 is 1. The maximum Gasteiger partial charge on any atom is 0.161 e. The number of piperazine rings is 1. The zero-order chi connectivity index (χ0) is 18.6. The van der Waals surface area contributed by atoms with Crippen molar-refractivity contribution in [2.24, 2.45) is 5.92 Å². The maximum atomic E-state index is 5.82. The van der Waals surface area contributed by atoms with E-state index in [1.165, 1.54) is 70.1 Å². The monoisotopic (exact) mass is 408 g/mol. The summed E-state index contributed by atoms with van der Waals surface area (Å²) in [6.07, 6.45) is 9.94. The van der Waals surface area contributed by atoms with Crippen molar-refractivity contribution in [2.75, 3.05) is 33.4 Å². The van der Waals surface area contributed by atoms with Crippen molar-refractivity contribution in [3.8, 4) is 11.5 Å². The Kier molecular flexibility index (Phi) is 7.90.